The third kappa shape index (κ3) is 3.71. The van der Waals surface area contributed by atoms with Gasteiger partial charge in [0.2, 0.25) is 0 Å². The first-order valence-electron chi connectivity index (χ1n) is 7.55. The molecular formula is C18H21NO3. The molecule has 1 heterocycles. The van der Waals surface area contributed by atoms with Crippen molar-refractivity contribution < 1.29 is 14.6 Å². The van der Waals surface area contributed by atoms with Gasteiger partial charge in [-0.2, -0.15) is 0 Å². The van der Waals surface area contributed by atoms with Crippen molar-refractivity contribution in [2.75, 3.05) is 26.7 Å². The molecule has 22 heavy (non-hydrogen) atoms. The Bertz CT molecular complexity index is 612. The summed E-state index contributed by atoms with van der Waals surface area (Å²) in [6, 6.07) is 15.2. The predicted molar refractivity (Wildman–Crippen MR) is 85.7 cm³/mol. The van der Waals surface area contributed by atoms with Crippen LogP contribution in [0.1, 0.15) is 5.56 Å². The van der Waals surface area contributed by atoms with E-state index in [1.807, 2.05) is 36.4 Å². The molecule has 0 bridgehead atoms. The third-order valence-corrected chi connectivity index (χ3v) is 3.80. The van der Waals surface area contributed by atoms with Gasteiger partial charge in [0.15, 0.2) is 11.5 Å². The minimum atomic E-state index is 0.0553. The Morgan fingerprint density at radius 3 is 2.59 bits per heavy atom. The molecule has 0 amide bonds. The second kappa shape index (κ2) is 6.71. The van der Waals surface area contributed by atoms with Gasteiger partial charge in [-0.25, -0.2) is 0 Å². The van der Waals surface area contributed by atoms with Crippen molar-refractivity contribution in [2.45, 2.75) is 12.5 Å². The number of hydrogen-bond donors (Lipinski definition) is 1. The second-order valence-corrected chi connectivity index (χ2v) is 5.68. The van der Waals surface area contributed by atoms with E-state index in [-0.39, 0.29) is 6.10 Å². The maximum atomic E-state index is 9.29. The lowest BCUT2D eigenvalue weighted by Gasteiger charge is -2.29. The molecule has 0 saturated carbocycles. The van der Waals surface area contributed by atoms with Crippen LogP contribution in [-0.4, -0.2) is 42.9 Å². The standard InChI is InChI=1S/C18H21NO3/c1-19(11-10-14-6-8-15(20)9-7-14)12-16-13-21-17-4-2-3-5-18(17)22-16/h2-9,16,20H,10-13H2,1H3. The Kier molecular flexibility index (Phi) is 4.49. The zero-order valence-corrected chi connectivity index (χ0v) is 12.7. The summed E-state index contributed by atoms with van der Waals surface area (Å²) in [6.07, 6.45) is 1.00. The molecule has 3 rings (SSSR count). The summed E-state index contributed by atoms with van der Waals surface area (Å²) in [7, 11) is 2.09. The molecule has 1 N–H and O–H groups in total. The van der Waals surface area contributed by atoms with Crippen molar-refractivity contribution in [1.29, 1.82) is 0 Å². The van der Waals surface area contributed by atoms with Crippen LogP contribution >= 0.6 is 0 Å². The lowest BCUT2D eigenvalue weighted by atomic mass is 10.1. The monoisotopic (exact) mass is 299 g/mol. The summed E-state index contributed by atoms with van der Waals surface area (Å²) in [5.41, 5.74) is 1.22. The summed E-state index contributed by atoms with van der Waals surface area (Å²) in [4.78, 5) is 2.24. The van der Waals surface area contributed by atoms with Crippen LogP contribution in [0.15, 0.2) is 48.5 Å². The molecule has 1 atom stereocenters. The molecule has 4 heteroatoms. The molecule has 4 nitrogen and oxygen atoms in total. The Morgan fingerprint density at radius 1 is 1.09 bits per heavy atom. The summed E-state index contributed by atoms with van der Waals surface area (Å²) in [5.74, 6) is 1.96. The zero-order valence-electron chi connectivity index (χ0n) is 12.7. The van der Waals surface area contributed by atoms with Crippen LogP contribution in [0.5, 0.6) is 17.2 Å². The maximum absolute atomic E-state index is 9.29. The highest BCUT2D eigenvalue weighted by molar-refractivity contribution is 5.40. The van der Waals surface area contributed by atoms with E-state index in [9.17, 15) is 5.11 Å². The van der Waals surface area contributed by atoms with E-state index in [1.54, 1.807) is 12.1 Å². The lowest BCUT2D eigenvalue weighted by Crippen LogP contribution is -2.40. The number of aromatic hydroxyl groups is 1. The number of hydrogen-bond acceptors (Lipinski definition) is 4. The summed E-state index contributed by atoms with van der Waals surface area (Å²) in [5, 5.41) is 9.29. The molecule has 1 unspecified atom stereocenters. The fraction of sp³-hybridized carbons (Fsp3) is 0.333. The summed E-state index contributed by atoms with van der Waals surface area (Å²) >= 11 is 0. The molecule has 0 radical (unpaired) electrons. The van der Waals surface area contributed by atoms with Crippen LogP contribution < -0.4 is 9.47 Å². The van der Waals surface area contributed by atoms with Gasteiger partial charge in [0.1, 0.15) is 18.5 Å². The highest BCUT2D eigenvalue weighted by atomic mass is 16.6. The van der Waals surface area contributed by atoms with E-state index in [2.05, 4.69) is 11.9 Å². The largest absolute Gasteiger partial charge is 0.508 e. The van der Waals surface area contributed by atoms with Crippen molar-refractivity contribution in [2.24, 2.45) is 0 Å². The number of ether oxygens (including phenoxy) is 2. The van der Waals surface area contributed by atoms with E-state index in [1.165, 1.54) is 5.56 Å². The second-order valence-electron chi connectivity index (χ2n) is 5.68. The summed E-state index contributed by atoms with van der Waals surface area (Å²) in [6.45, 7) is 2.35. The van der Waals surface area contributed by atoms with E-state index in [4.69, 9.17) is 9.47 Å². The van der Waals surface area contributed by atoms with Crippen molar-refractivity contribution in [3.8, 4) is 17.2 Å². The minimum absolute atomic E-state index is 0.0553. The average Bonchev–Trinajstić information content (AvgIpc) is 2.54. The van der Waals surface area contributed by atoms with Crippen molar-refractivity contribution in [3.63, 3.8) is 0 Å². The van der Waals surface area contributed by atoms with Gasteiger partial charge in [0.25, 0.3) is 0 Å². The quantitative estimate of drug-likeness (QED) is 0.922. The fourth-order valence-corrected chi connectivity index (χ4v) is 2.57. The molecule has 1 aliphatic rings. The van der Waals surface area contributed by atoms with Gasteiger partial charge in [0.05, 0.1) is 0 Å². The first kappa shape index (κ1) is 14.7. The number of phenolic OH excluding ortho intramolecular Hbond substituents is 1. The van der Waals surface area contributed by atoms with Crippen molar-refractivity contribution in [3.05, 3.63) is 54.1 Å². The van der Waals surface area contributed by atoms with Gasteiger partial charge < -0.3 is 19.5 Å². The Hall–Kier alpha value is -2.20. The number of para-hydroxylation sites is 2. The van der Waals surface area contributed by atoms with Gasteiger partial charge in [-0.15, -0.1) is 0 Å². The third-order valence-electron chi connectivity index (χ3n) is 3.80. The van der Waals surface area contributed by atoms with Crippen molar-refractivity contribution >= 4 is 0 Å². The fourth-order valence-electron chi connectivity index (χ4n) is 2.57. The topological polar surface area (TPSA) is 41.9 Å². The molecule has 116 valence electrons. The molecule has 0 aliphatic carbocycles. The normalized spacial score (nSPS) is 16.7. The minimum Gasteiger partial charge on any atom is -0.508 e. The zero-order chi connectivity index (χ0) is 15.4. The Morgan fingerprint density at radius 2 is 1.82 bits per heavy atom. The average molecular weight is 299 g/mol. The Labute approximate surface area is 130 Å². The SMILES string of the molecule is CN(CCc1ccc(O)cc1)CC1COc2ccccc2O1. The van der Waals surface area contributed by atoms with E-state index in [0.717, 1.165) is 31.0 Å². The van der Waals surface area contributed by atoms with E-state index < -0.39 is 0 Å². The molecular weight excluding hydrogens is 278 g/mol. The molecule has 0 saturated heterocycles. The molecule has 0 fully saturated rings. The number of benzene rings is 2. The van der Waals surface area contributed by atoms with Gasteiger partial charge in [-0.1, -0.05) is 24.3 Å². The van der Waals surface area contributed by atoms with Crippen LogP contribution in [0.25, 0.3) is 0 Å². The lowest BCUT2D eigenvalue weighted by molar-refractivity contribution is 0.0657. The highest BCUT2D eigenvalue weighted by Crippen LogP contribution is 2.30. The maximum Gasteiger partial charge on any atom is 0.161 e. The first-order chi connectivity index (χ1) is 10.7. The van der Waals surface area contributed by atoms with Gasteiger partial charge in [0, 0.05) is 13.1 Å². The van der Waals surface area contributed by atoms with Crippen LogP contribution in [0.4, 0.5) is 0 Å². The summed E-state index contributed by atoms with van der Waals surface area (Å²) < 4.78 is 11.7. The Balaban J connectivity index is 1.48. The highest BCUT2D eigenvalue weighted by Gasteiger charge is 2.21. The van der Waals surface area contributed by atoms with E-state index in [0.29, 0.717) is 12.4 Å². The van der Waals surface area contributed by atoms with Crippen LogP contribution in [0.3, 0.4) is 0 Å². The van der Waals surface area contributed by atoms with E-state index >= 15 is 0 Å². The van der Waals surface area contributed by atoms with Gasteiger partial charge in [-0.3, -0.25) is 0 Å². The van der Waals surface area contributed by atoms with Gasteiger partial charge in [-0.05, 0) is 43.3 Å². The van der Waals surface area contributed by atoms with Crippen LogP contribution in [0, 0.1) is 0 Å². The number of rotatable bonds is 5. The van der Waals surface area contributed by atoms with Crippen LogP contribution in [0.2, 0.25) is 0 Å². The molecule has 2 aromatic rings. The van der Waals surface area contributed by atoms with Gasteiger partial charge >= 0.3 is 0 Å². The predicted octanol–water partition coefficient (Wildman–Crippen LogP) is 2.71. The molecule has 0 aromatic heterocycles. The number of likely N-dealkylation sites (N-methyl/N-ethyl adjacent to an activating group) is 1. The molecule has 0 spiro atoms. The van der Waals surface area contributed by atoms with Crippen molar-refractivity contribution in [1.82, 2.24) is 4.90 Å². The first-order valence-corrected chi connectivity index (χ1v) is 7.55. The smallest absolute Gasteiger partial charge is 0.161 e. The molecule has 1 aliphatic heterocycles. The number of nitrogens with zero attached hydrogens (tertiary/aromatic N) is 1. The number of fused-ring (bicyclic) bond motifs is 1. The number of phenols is 1. The van der Waals surface area contributed by atoms with Crippen LogP contribution in [-0.2, 0) is 6.42 Å². The molecule has 2 aromatic carbocycles.